The van der Waals surface area contributed by atoms with Crippen LogP contribution in [0.4, 0.5) is 5.69 Å². The smallest absolute Gasteiger partial charge is 0.0396 e. The van der Waals surface area contributed by atoms with Gasteiger partial charge in [0.25, 0.3) is 0 Å². The quantitative estimate of drug-likeness (QED) is 0.718. The summed E-state index contributed by atoms with van der Waals surface area (Å²) < 4.78 is 0. The molecule has 0 saturated heterocycles. The van der Waals surface area contributed by atoms with Crippen molar-refractivity contribution in [1.82, 2.24) is 5.32 Å². The molecule has 0 aromatic heterocycles. The molecule has 0 heterocycles. The van der Waals surface area contributed by atoms with Crippen LogP contribution >= 0.6 is 0 Å². The number of nitrogens with one attached hydrogen (secondary N) is 1. The Balaban J connectivity index is 2.59. The summed E-state index contributed by atoms with van der Waals surface area (Å²) in [5.74, 6) is 0. The van der Waals surface area contributed by atoms with Crippen molar-refractivity contribution in [3.8, 4) is 0 Å². The molecule has 0 spiro atoms. The fourth-order valence-corrected chi connectivity index (χ4v) is 1.80. The molecule has 1 N–H and O–H groups in total. The fraction of sp³-hybridized carbons (Fsp3) is 0.538. The number of aryl methyl sites for hydroxylation is 1. The third-order valence-corrected chi connectivity index (χ3v) is 2.70. The zero-order chi connectivity index (χ0) is 11.1. The van der Waals surface area contributed by atoms with Crippen molar-refractivity contribution in [3.05, 3.63) is 29.8 Å². The van der Waals surface area contributed by atoms with Crippen molar-refractivity contribution < 1.29 is 0 Å². The number of benzene rings is 1. The average Bonchev–Trinajstić information content (AvgIpc) is 2.29. The first-order valence-corrected chi connectivity index (χ1v) is 5.73. The van der Waals surface area contributed by atoms with Gasteiger partial charge in [-0.15, -0.1) is 0 Å². The summed E-state index contributed by atoms with van der Waals surface area (Å²) in [6, 6.07) is 8.65. The van der Waals surface area contributed by atoms with Crippen LogP contribution in [0.25, 0.3) is 0 Å². The highest BCUT2D eigenvalue weighted by Crippen LogP contribution is 2.19. The predicted molar refractivity (Wildman–Crippen MR) is 67.6 cm³/mol. The summed E-state index contributed by atoms with van der Waals surface area (Å²) in [6.45, 7) is 4.40. The molecule has 0 fully saturated rings. The summed E-state index contributed by atoms with van der Waals surface area (Å²) in [6.07, 6.45) is 2.29. The second-order valence-electron chi connectivity index (χ2n) is 3.86. The SMILES string of the molecule is CCc1ccccc1N(C)CCCNC. The Morgan fingerprint density at radius 3 is 2.67 bits per heavy atom. The number of hydrogen-bond donors (Lipinski definition) is 1. The first kappa shape index (κ1) is 12.1. The van der Waals surface area contributed by atoms with Crippen LogP contribution in [-0.4, -0.2) is 27.2 Å². The molecular weight excluding hydrogens is 184 g/mol. The van der Waals surface area contributed by atoms with Crippen molar-refractivity contribution in [1.29, 1.82) is 0 Å². The molecule has 2 heteroatoms. The molecule has 0 aliphatic heterocycles. The van der Waals surface area contributed by atoms with E-state index in [1.54, 1.807) is 0 Å². The first-order chi connectivity index (χ1) is 7.29. The minimum atomic E-state index is 1.08. The lowest BCUT2D eigenvalue weighted by Crippen LogP contribution is -2.23. The van der Waals surface area contributed by atoms with E-state index in [2.05, 4.69) is 48.5 Å². The molecule has 0 amide bonds. The minimum absolute atomic E-state index is 1.08. The molecule has 0 aliphatic rings. The Hall–Kier alpha value is -1.02. The molecule has 84 valence electrons. The van der Waals surface area contributed by atoms with Gasteiger partial charge in [0.15, 0.2) is 0 Å². The first-order valence-electron chi connectivity index (χ1n) is 5.73. The molecule has 1 aromatic rings. The Kier molecular flexibility index (Phi) is 5.19. The molecule has 0 bridgehead atoms. The van der Waals surface area contributed by atoms with Gasteiger partial charge >= 0.3 is 0 Å². The van der Waals surface area contributed by atoms with Crippen LogP contribution in [0.1, 0.15) is 18.9 Å². The van der Waals surface area contributed by atoms with Crippen LogP contribution in [0.2, 0.25) is 0 Å². The summed E-state index contributed by atoms with van der Waals surface area (Å²) in [5.41, 5.74) is 2.81. The molecule has 0 saturated carbocycles. The van der Waals surface area contributed by atoms with Gasteiger partial charge in [0.1, 0.15) is 0 Å². The van der Waals surface area contributed by atoms with Gasteiger partial charge in [0.2, 0.25) is 0 Å². The van der Waals surface area contributed by atoms with Crippen LogP contribution in [0.3, 0.4) is 0 Å². The molecule has 0 radical (unpaired) electrons. The van der Waals surface area contributed by atoms with Crippen molar-refractivity contribution >= 4 is 5.69 Å². The van der Waals surface area contributed by atoms with Crippen molar-refractivity contribution in [2.75, 3.05) is 32.1 Å². The molecule has 1 aromatic carbocycles. The van der Waals surface area contributed by atoms with Crippen LogP contribution in [0.5, 0.6) is 0 Å². The van der Waals surface area contributed by atoms with Gasteiger partial charge in [-0.05, 0) is 38.1 Å². The van der Waals surface area contributed by atoms with E-state index in [1.165, 1.54) is 17.7 Å². The van der Waals surface area contributed by atoms with E-state index in [0.29, 0.717) is 0 Å². The van der Waals surface area contributed by atoms with Crippen molar-refractivity contribution in [2.24, 2.45) is 0 Å². The molecule has 0 atom stereocenters. The lowest BCUT2D eigenvalue weighted by molar-refractivity contribution is 0.711. The third-order valence-electron chi connectivity index (χ3n) is 2.70. The number of rotatable bonds is 6. The van der Waals surface area contributed by atoms with E-state index in [0.717, 1.165) is 19.5 Å². The van der Waals surface area contributed by atoms with Gasteiger partial charge < -0.3 is 10.2 Å². The standard InChI is InChI=1S/C13H22N2/c1-4-12-8-5-6-9-13(12)15(3)11-7-10-14-2/h5-6,8-9,14H,4,7,10-11H2,1-3H3. The molecule has 1 rings (SSSR count). The Morgan fingerprint density at radius 2 is 2.00 bits per heavy atom. The summed E-state index contributed by atoms with van der Waals surface area (Å²) in [5, 5.41) is 3.18. The van der Waals surface area contributed by atoms with Crippen LogP contribution in [0, 0.1) is 0 Å². The molecular formula is C13H22N2. The number of para-hydroxylation sites is 1. The molecule has 0 unspecified atom stereocenters. The van der Waals surface area contributed by atoms with E-state index in [-0.39, 0.29) is 0 Å². The van der Waals surface area contributed by atoms with E-state index in [9.17, 15) is 0 Å². The van der Waals surface area contributed by atoms with Gasteiger partial charge in [-0.1, -0.05) is 25.1 Å². The fourth-order valence-electron chi connectivity index (χ4n) is 1.80. The second kappa shape index (κ2) is 6.46. The van der Waals surface area contributed by atoms with E-state index < -0.39 is 0 Å². The lowest BCUT2D eigenvalue weighted by Gasteiger charge is -2.22. The lowest BCUT2D eigenvalue weighted by atomic mass is 10.1. The van der Waals surface area contributed by atoms with E-state index in [4.69, 9.17) is 0 Å². The zero-order valence-corrected chi connectivity index (χ0v) is 10.1. The van der Waals surface area contributed by atoms with Gasteiger partial charge in [-0.2, -0.15) is 0 Å². The maximum absolute atomic E-state index is 3.18. The number of anilines is 1. The topological polar surface area (TPSA) is 15.3 Å². The van der Waals surface area contributed by atoms with E-state index in [1.807, 2.05) is 7.05 Å². The third kappa shape index (κ3) is 3.56. The van der Waals surface area contributed by atoms with Crippen LogP contribution in [0.15, 0.2) is 24.3 Å². The zero-order valence-electron chi connectivity index (χ0n) is 10.1. The van der Waals surface area contributed by atoms with Gasteiger partial charge in [0, 0.05) is 19.3 Å². The normalized spacial score (nSPS) is 10.3. The van der Waals surface area contributed by atoms with Gasteiger partial charge in [-0.3, -0.25) is 0 Å². The Morgan fingerprint density at radius 1 is 1.27 bits per heavy atom. The highest BCUT2D eigenvalue weighted by atomic mass is 15.1. The summed E-state index contributed by atoms with van der Waals surface area (Å²) in [4.78, 5) is 2.34. The summed E-state index contributed by atoms with van der Waals surface area (Å²) >= 11 is 0. The summed E-state index contributed by atoms with van der Waals surface area (Å²) in [7, 11) is 4.17. The Labute approximate surface area is 93.3 Å². The van der Waals surface area contributed by atoms with Crippen LogP contribution < -0.4 is 10.2 Å². The van der Waals surface area contributed by atoms with Gasteiger partial charge in [-0.25, -0.2) is 0 Å². The van der Waals surface area contributed by atoms with Crippen LogP contribution in [-0.2, 0) is 6.42 Å². The monoisotopic (exact) mass is 206 g/mol. The average molecular weight is 206 g/mol. The number of hydrogen-bond acceptors (Lipinski definition) is 2. The highest BCUT2D eigenvalue weighted by Gasteiger charge is 2.04. The van der Waals surface area contributed by atoms with E-state index >= 15 is 0 Å². The van der Waals surface area contributed by atoms with Crippen molar-refractivity contribution in [3.63, 3.8) is 0 Å². The predicted octanol–water partition coefficient (Wildman–Crippen LogP) is 2.29. The minimum Gasteiger partial charge on any atom is -0.374 e. The highest BCUT2D eigenvalue weighted by molar-refractivity contribution is 5.52. The molecule has 2 nitrogen and oxygen atoms in total. The van der Waals surface area contributed by atoms with Crippen molar-refractivity contribution in [2.45, 2.75) is 19.8 Å². The Bertz CT molecular complexity index is 284. The second-order valence-corrected chi connectivity index (χ2v) is 3.86. The van der Waals surface area contributed by atoms with Gasteiger partial charge in [0.05, 0.1) is 0 Å². The maximum atomic E-state index is 3.18. The number of nitrogens with zero attached hydrogens (tertiary/aromatic N) is 1. The maximum Gasteiger partial charge on any atom is 0.0396 e. The molecule has 15 heavy (non-hydrogen) atoms. The largest absolute Gasteiger partial charge is 0.374 e. The molecule has 0 aliphatic carbocycles.